The van der Waals surface area contributed by atoms with Crippen LogP contribution in [0.2, 0.25) is 0 Å². The van der Waals surface area contributed by atoms with Crippen LogP contribution in [0.1, 0.15) is 21.6 Å². The molecule has 26 heavy (non-hydrogen) atoms. The first-order valence-corrected chi connectivity index (χ1v) is 8.65. The molecule has 0 atom stereocenters. The van der Waals surface area contributed by atoms with E-state index in [1.165, 1.54) is 5.56 Å². The van der Waals surface area contributed by atoms with E-state index in [9.17, 15) is 4.79 Å². The van der Waals surface area contributed by atoms with Crippen molar-refractivity contribution in [2.45, 2.75) is 6.92 Å². The Bertz CT molecular complexity index is 948. The van der Waals surface area contributed by atoms with E-state index in [1.807, 2.05) is 49.4 Å². The third-order valence-corrected chi connectivity index (χ3v) is 4.35. The van der Waals surface area contributed by atoms with Crippen LogP contribution in [0.25, 0.3) is 11.3 Å². The highest BCUT2D eigenvalue weighted by Gasteiger charge is 2.10. The molecular weight excluding hydrogens is 396 g/mol. The fourth-order valence-electron chi connectivity index (χ4n) is 2.30. The number of nitrogens with one attached hydrogen (secondary N) is 2. The lowest BCUT2D eigenvalue weighted by Crippen LogP contribution is -2.18. The number of aryl methyl sites for hydroxylation is 1. The number of hydrazone groups is 1. The number of aromatic nitrogens is 2. The van der Waals surface area contributed by atoms with Crippen molar-refractivity contribution in [1.29, 1.82) is 0 Å². The SMILES string of the molecule is COc1ccc(/C=N\NC(=O)c2cc(-c3ccc(C)cc3)n[nH]2)cc1Br. The molecule has 1 aromatic heterocycles. The van der Waals surface area contributed by atoms with Crippen molar-refractivity contribution in [3.63, 3.8) is 0 Å². The van der Waals surface area contributed by atoms with E-state index in [2.05, 4.69) is 36.7 Å². The number of halogens is 1. The maximum absolute atomic E-state index is 12.2. The highest BCUT2D eigenvalue weighted by atomic mass is 79.9. The average Bonchev–Trinajstić information content (AvgIpc) is 3.12. The van der Waals surface area contributed by atoms with Crippen molar-refractivity contribution in [1.82, 2.24) is 15.6 Å². The van der Waals surface area contributed by atoms with Crippen LogP contribution in [0.15, 0.2) is 58.1 Å². The molecule has 0 aliphatic carbocycles. The van der Waals surface area contributed by atoms with E-state index in [-0.39, 0.29) is 5.91 Å². The zero-order valence-electron chi connectivity index (χ0n) is 14.3. The van der Waals surface area contributed by atoms with Gasteiger partial charge in [0.05, 0.1) is 23.5 Å². The number of hydrogen-bond donors (Lipinski definition) is 2. The number of H-pyrrole nitrogens is 1. The van der Waals surface area contributed by atoms with Gasteiger partial charge >= 0.3 is 0 Å². The van der Waals surface area contributed by atoms with Crippen LogP contribution in [0.3, 0.4) is 0 Å². The molecule has 0 bridgehead atoms. The number of hydrogen-bond acceptors (Lipinski definition) is 4. The summed E-state index contributed by atoms with van der Waals surface area (Å²) in [7, 11) is 1.60. The summed E-state index contributed by atoms with van der Waals surface area (Å²) < 4.78 is 5.99. The molecule has 0 saturated carbocycles. The molecule has 3 aromatic rings. The number of benzene rings is 2. The van der Waals surface area contributed by atoms with Crippen molar-refractivity contribution in [3.8, 4) is 17.0 Å². The third-order valence-electron chi connectivity index (χ3n) is 3.73. The topological polar surface area (TPSA) is 79.4 Å². The molecular formula is C19H17BrN4O2. The van der Waals surface area contributed by atoms with Crippen molar-refractivity contribution >= 4 is 28.1 Å². The molecule has 3 rings (SSSR count). The number of carbonyl (C=O) groups is 1. The molecule has 0 radical (unpaired) electrons. The number of rotatable bonds is 5. The average molecular weight is 413 g/mol. The number of aromatic amines is 1. The second-order valence-electron chi connectivity index (χ2n) is 5.63. The van der Waals surface area contributed by atoms with Gasteiger partial charge in [-0.2, -0.15) is 10.2 Å². The van der Waals surface area contributed by atoms with Gasteiger partial charge in [0.1, 0.15) is 11.4 Å². The van der Waals surface area contributed by atoms with Crippen LogP contribution >= 0.6 is 15.9 Å². The lowest BCUT2D eigenvalue weighted by atomic mass is 10.1. The van der Waals surface area contributed by atoms with E-state index >= 15 is 0 Å². The summed E-state index contributed by atoms with van der Waals surface area (Å²) in [5, 5.41) is 10.9. The Hall–Kier alpha value is -2.93. The van der Waals surface area contributed by atoms with Crippen molar-refractivity contribution < 1.29 is 9.53 Å². The second-order valence-corrected chi connectivity index (χ2v) is 6.48. The lowest BCUT2D eigenvalue weighted by Gasteiger charge is -2.03. The Morgan fingerprint density at radius 3 is 2.69 bits per heavy atom. The van der Waals surface area contributed by atoms with Crippen molar-refractivity contribution in [2.75, 3.05) is 7.11 Å². The summed E-state index contributed by atoms with van der Waals surface area (Å²) in [6.07, 6.45) is 1.55. The normalized spacial score (nSPS) is 10.9. The van der Waals surface area contributed by atoms with E-state index in [0.717, 1.165) is 21.3 Å². The number of methoxy groups -OCH3 is 1. The van der Waals surface area contributed by atoms with Gasteiger partial charge in [-0.1, -0.05) is 29.8 Å². The van der Waals surface area contributed by atoms with Gasteiger partial charge in [0.2, 0.25) is 0 Å². The fraction of sp³-hybridized carbons (Fsp3) is 0.105. The Balaban J connectivity index is 1.65. The molecule has 0 fully saturated rings. The Morgan fingerprint density at radius 1 is 1.23 bits per heavy atom. The minimum atomic E-state index is -0.361. The van der Waals surface area contributed by atoms with Crippen molar-refractivity contribution in [3.05, 3.63) is 69.8 Å². The van der Waals surface area contributed by atoms with Gasteiger partial charge in [-0.25, -0.2) is 5.43 Å². The highest BCUT2D eigenvalue weighted by molar-refractivity contribution is 9.10. The number of ether oxygens (including phenoxy) is 1. The van der Waals surface area contributed by atoms with Crippen LogP contribution in [0.4, 0.5) is 0 Å². The first-order valence-electron chi connectivity index (χ1n) is 7.86. The van der Waals surface area contributed by atoms with Gasteiger partial charge in [0.15, 0.2) is 0 Å². The highest BCUT2D eigenvalue weighted by Crippen LogP contribution is 2.24. The second kappa shape index (κ2) is 7.97. The molecule has 1 amide bonds. The first kappa shape index (κ1) is 17.9. The summed E-state index contributed by atoms with van der Waals surface area (Å²) in [4.78, 5) is 12.2. The zero-order chi connectivity index (χ0) is 18.5. The summed E-state index contributed by atoms with van der Waals surface area (Å²) in [6.45, 7) is 2.02. The number of carbonyl (C=O) groups excluding carboxylic acids is 1. The van der Waals surface area contributed by atoms with Crippen LogP contribution < -0.4 is 10.2 Å². The summed E-state index contributed by atoms with van der Waals surface area (Å²) in [6, 6.07) is 15.1. The van der Waals surface area contributed by atoms with Gasteiger partial charge in [0, 0.05) is 5.56 Å². The molecule has 2 N–H and O–H groups in total. The molecule has 0 saturated heterocycles. The Labute approximate surface area is 159 Å². The van der Waals surface area contributed by atoms with Crippen LogP contribution in [-0.4, -0.2) is 29.4 Å². The number of amides is 1. The van der Waals surface area contributed by atoms with Gasteiger partial charge in [0.25, 0.3) is 5.91 Å². The smallest absolute Gasteiger partial charge is 0.289 e. The van der Waals surface area contributed by atoms with E-state index in [0.29, 0.717) is 11.4 Å². The Morgan fingerprint density at radius 2 is 2.00 bits per heavy atom. The molecule has 6 nitrogen and oxygen atoms in total. The van der Waals surface area contributed by atoms with Gasteiger partial charge in [-0.3, -0.25) is 9.89 Å². The molecule has 7 heteroatoms. The molecule has 2 aromatic carbocycles. The standard InChI is InChI=1S/C19H17BrN4O2/c1-12-3-6-14(7-4-12)16-10-17(23-22-16)19(25)24-21-11-13-5-8-18(26-2)15(20)9-13/h3-11H,1-2H3,(H,22,23)(H,24,25)/b21-11-. The summed E-state index contributed by atoms with van der Waals surface area (Å²) in [5.41, 5.74) is 6.46. The predicted molar refractivity (Wildman–Crippen MR) is 105 cm³/mol. The maximum atomic E-state index is 12.2. The van der Waals surface area contributed by atoms with Gasteiger partial charge < -0.3 is 4.74 Å². The molecule has 0 spiro atoms. The molecule has 0 unspecified atom stereocenters. The summed E-state index contributed by atoms with van der Waals surface area (Å²) in [5.74, 6) is 0.368. The minimum Gasteiger partial charge on any atom is -0.496 e. The third kappa shape index (κ3) is 4.18. The molecule has 1 heterocycles. The lowest BCUT2D eigenvalue weighted by molar-refractivity contribution is 0.0950. The monoisotopic (exact) mass is 412 g/mol. The van der Waals surface area contributed by atoms with Crippen LogP contribution in [-0.2, 0) is 0 Å². The van der Waals surface area contributed by atoms with Crippen LogP contribution in [0, 0.1) is 6.92 Å². The summed E-state index contributed by atoms with van der Waals surface area (Å²) >= 11 is 3.41. The molecule has 132 valence electrons. The largest absolute Gasteiger partial charge is 0.496 e. The number of nitrogens with zero attached hydrogens (tertiary/aromatic N) is 2. The maximum Gasteiger partial charge on any atom is 0.289 e. The fourth-order valence-corrected chi connectivity index (χ4v) is 2.86. The van der Waals surface area contributed by atoms with Gasteiger partial charge in [-0.05, 0) is 52.7 Å². The van der Waals surface area contributed by atoms with E-state index in [4.69, 9.17) is 4.74 Å². The van der Waals surface area contributed by atoms with Gasteiger partial charge in [-0.15, -0.1) is 0 Å². The van der Waals surface area contributed by atoms with E-state index in [1.54, 1.807) is 19.4 Å². The predicted octanol–water partition coefficient (Wildman–Crippen LogP) is 3.92. The molecule has 0 aliphatic rings. The molecule has 0 aliphatic heterocycles. The zero-order valence-corrected chi connectivity index (χ0v) is 15.9. The van der Waals surface area contributed by atoms with Crippen LogP contribution in [0.5, 0.6) is 5.75 Å². The first-order chi connectivity index (χ1) is 12.6. The quantitative estimate of drug-likeness (QED) is 0.492. The van der Waals surface area contributed by atoms with E-state index < -0.39 is 0 Å². The Kier molecular flexibility index (Phi) is 5.48. The minimum absolute atomic E-state index is 0.341. The van der Waals surface area contributed by atoms with Crippen molar-refractivity contribution in [2.24, 2.45) is 5.10 Å².